The van der Waals surface area contributed by atoms with Gasteiger partial charge in [0.15, 0.2) is 0 Å². The Labute approximate surface area is 71.1 Å². The number of halogens is 1. The van der Waals surface area contributed by atoms with Crippen LogP contribution in [-0.2, 0) is 6.54 Å². The Morgan fingerprint density at radius 3 is 2.67 bits per heavy atom. The van der Waals surface area contributed by atoms with Crippen LogP contribution >= 0.6 is 0 Å². The van der Waals surface area contributed by atoms with Crippen LogP contribution in [-0.4, -0.2) is 7.11 Å². The molecule has 0 fully saturated rings. The first kappa shape index (κ1) is 9.00. The average molecular weight is 169 g/mol. The first-order valence-electron chi connectivity index (χ1n) is 3.72. The summed E-state index contributed by atoms with van der Waals surface area (Å²) in [6, 6.07) is 2.97. The fourth-order valence-corrected chi connectivity index (χ4v) is 1.17. The molecule has 2 nitrogen and oxygen atoms in total. The molecule has 3 heteroatoms. The van der Waals surface area contributed by atoms with Crippen molar-refractivity contribution in [2.24, 2.45) is 5.73 Å². The van der Waals surface area contributed by atoms with E-state index in [2.05, 4.69) is 0 Å². The van der Waals surface area contributed by atoms with Crippen molar-refractivity contribution in [2.75, 3.05) is 7.11 Å². The summed E-state index contributed by atoms with van der Waals surface area (Å²) in [6.07, 6.45) is 0. The molecule has 0 aliphatic carbocycles. The number of hydrogen-bond acceptors (Lipinski definition) is 2. The maximum Gasteiger partial charge on any atom is 0.128 e. The molecule has 0 amide bonds. The lowest BCUT2D eigenvalue weighted by molar-refractivity contribution is 0.409. The van der Waals surface area contributed by atoms with E-state index in [4.69, 9.17) is 10.5 Å². The van der Waals surface area contributed by atoms with Crippen LogP contribution in [0.25, 0.3) is 0 Å². The van der Waals surface area contributed by atoms with Gasteiger partial charge in [0.1, 0.15) is 11.6 Å². The van der Waals surface area contributed by atoms with E-state index in [0.717, 1.165) is 5.56 Å². The van der Waals surface area contributed by atoms with Gasteiger partial charge in [0.05, 0.1) is 7.11 Å². The minimum Gasteiger partial charge on any atom is -0.496 e. The van der Waals surface area contributed by atoms with Crippen LogP contribution < -0.4 is 10.5 Å². The fraction of sp³-hybridized carbons (Fsp3) is 0.333. The number of rotatable bonds is 2. The van der Waals surface area contributed by atoms with Gasteiger partial charge in [-0.05, 0) is 24.6 Å². The quantitative estimate of drug-likeness (QED) is 0.729. The van der Waals surface area contributed by atoms with Crippen molar-refractivity contribution >= 4 is 0 Å². The summed E-state index contributed by atoms with van der Waals surface area (Å²) >= 11 is 0. The van der Waals surface area contributed by atoms with Crippen LogP contribution in [0, 0.1) is 12.7 Å². The molecule has 1 rings (SSSR count). The van der Waals surface area contributed by atoms with Gasteiger partial charge < -0.3 is 10.5 Å². The Kier molecular flexibility index (Phi) is 2.65. The van der Waals surface area contributed by atoms with Crippen molar-refractivity contribution in [1.82, 2.24) is 0 Å². The molecule has 0 radical (unpaired) electrons. The molecule has 1 aromatic carbocycles. The van der Waals surface area contributed by atoms with Crippen LogP contribution in [0.1, 0.15) is 11.1 Å². The number of ether oxygens (including phenoxy) is 1. The van der Waals surface area contributed by atoms with Crippen molar-refractivity contribution in [3.05, 3.63) is 29.1 Å². The Hall–Kier alpha value is -1.09. The van der Waals surface area contributed by atoms with Crippen LogP contribution in [0.3, 0.4) is 0 Å². The zero-order valence-electron chi connectivity index (χ0n) is 7.23. The van der Waals surface area contributed by atoms with Gasteiger partial charge in [0.2, 0.25) is 0 Å². The zero-order valence-corrected chi connectivity index (χ0v) is 7.23. The third-order valence-corrected chi connectivity index (χ3v) is 1.92. The number of hydrogen-bond donors (Lipinski definition) is 1. The van der Waals surface area contributed by atoms with Gasteiger partial charge in [-0.1, -0.05) is 0 Å². The monoisotopic (exact) mass is 169 g/mol. The maximum absolute atomic E-state index is 13.0. The molecule has 0 aromatic heterocycles. The Morgan fingerprint density at radius 1 is 1.50 bits per heavy atom. The van der Waals surface area contributed by atoms with Crippen molar-refractivity contribution in [2.45, 2.75) is 13.5 Å². The molecule has 0 saturated heterocycles. The van der Waals surface area contributed by atoms with Gasteiger partial charge in [-0.2, -0.15) is 0 Å². The molecule has 0 bridgehead atoms. The Morgan fingerprint density at radius 2 is 2.17 bits per heavy atom. The summed E-state index contributed by atoms with van der Waals surface area (Å²) in [7, 11) is 1.56. The molecule has 0 spiro atoms. The maximum atomic E-state index is 13.0. The second-order valence-corrected chi connectivity index (χ2v) is 2.56. The topological polar surface area (TPSA) is 35.2 Å². The van der Waals surface area contributed by atoms with Crippen LogP contribution in [0.2, 0.25) is 0 Å². The van der Waals surface area contributed by atoms with Crippen LogP contribution in [0.4, 0.5) is 4.39 Å². The van der Waals surface area contributed by atoms with E-state index in [1.54, 1.807) is 20.1 Å². The van der Waals surface area contributed by atoms with E-state index >= 15 is 0 Å². The van der Waals surface area contributed by atoms with Gasteiger partial charge in [0, 0.05) is 12.1 Å². The second kappa shape index (κ2) is 3.54. The Balaban J connectivity index is 3.24. The number of benzene rings is 1. The van der Waals surface area contributed by atoms with Crippen molar-refractivity contribution in [3.8, 4) is 5.75 Å². The highest BCUT2D eigenvalue weighted by molar-refractivity contribution is 5.39. The van der Waals surface area contributed by atoms with E-state index in [1.165, 1.54) is 6.07 Å². The molecular weight excluding hydrogens is 157 g/mol. The SMILES string of the molecule is COc1ccc(F)c(CN)c1C. The molecule has 0 heterocycles. The molecule has 1 aromatic rings. The highest BCUT2D eigenvalue weighted by Crippen LogP contribution is 2.22. The number of nitrogens with two attached hydrogens (primary N) is 1. The molecule has 0 aliphatic heterocycles. The van der Waals surface area contributed by atoms with E-state index in [0.29, 0.717) is 11.3 Å². The second-order valence-electron chi connectivity index (χ2n) is 2.56. The van der Waals surface area contributed by atoms with Crippen molar-refractivity contribution in [3.63, 3.8) is 0 Å². The van der Waals surface area contributed by atoms with E-state index in [1.807, 2.05) is 0 Å². The normalized spacial score (nSPS) is 10.0. The molecule has 0 unspecified atom stereocenters. The lowest BCUT2D eigenvalue weighted by Crippen LogP contribution is -2.03. The smallest absolute Gasteiger partial charge is 0.128 e. The van der Waals surface area contributed by atoms with Gasteiger partial charge in [-0.15, -0.1) is 0 Å². The molecule has 12 heavy (non-hydrogen) atoms. The van der Waals surface area contributed by atoms with Gasteiger partial charge in [-0.25, -0.2) is 4.39 Å². The minimum absolute atomic E-state index is 0.203. The largest absolute Gasteiger partial charge is 0.496 e. The first-order valence-corrected chi connectivity index (χ1v) is 3.72. The van der Waals surface area contributed by atoms with Crippen LogP contribution in [0.5, 0.6) is 5.75 Å². The lowest BCUT2D eigenvalue weighted by atomic mass is 10.1. The predicted octanol–water partition coefficient (Wildman–Crippen LogP) is 1.60. The summed E-state index contributed by atoms with van der Waals surface area (Å²) in [5.74, 6) is 0.410. The predicted molar refractivity (Wildman–Crippen MR) is 45.6 cm³/mol. The van der Waals surface area contributed by atoms with Crippen molar-refractivity contribution < 1.29 is 9.13 Å². The molecule has 2 N–H and O–H groups in total. The Bertz CT molecular complexity index is 286. The van der Waals surface area contributed by atoms with E-state index < -0.39 is 0 Å². The summed E-state index contributed by atoms with van der Waals surface area (Å²) < 4.78 is 18.1. The lowest BCUT2D eigenvalue weighted by Gasteiger charge is -2.09. The molecule has 0 atom stereocenters. The summed E-state index contributed by atoms with van der Waals surface area (Å²) in [6.45, 7) is 2.00. The zero-order chi connectivity index (χ0) is 9.14. The summed E-state index contributed by atoms with van der Waals surface area (Å²) in [5, 5.41) is 0. The van der Waals surface area contributed by atoms with Gasteiger partial charge in [0.25, 0.3) is 0 Å². The van der Waals surface area contributed by atoms with Gasteiger partial charge in [-0.3, -0.25) is 0 Å². The van der Waals surface area contributed by atoms with Crippen LogP contribution in [0.15, 0.2) is 12.1 Å². The average Bonchev–Trinajstić information content (AvgIpc) is 2.06. The van der Waals surface area contributed by atoms with E-state index in [9.17, 15) is 4.39 Å². The fourth-order valence-electron chi connectivity index (χ4n) is 1.17. The van der Waals surface area contributed by atoms with Crippen molar-refractivity contribution in [1.29, 1.82) is 0 Å². The third kappa shape index (κ3) is 1.41. The summed E-state index contributed by atoms with van der Waals surface area (Å²) in [4.78, 5) is 0. The van der Waals surface area contributed by atoms with Gasteiger partial charge >= 0.3 is 0 Å². The molecule has 66 valence electrons. The first-order chi connectivity index (χ1) is 5.70. The highest BCUT2D eigenvalue weighted by atomic mass is 19.1. The molecule has 0 aliphatic rings. The summed E-state index contributed by atoms with van der Waals surface area (Å²) in [5.41, 5.74) is 6.68. The standard InChI is InChI=1S/C9H12FNO/c1-6-7(5-11)8(10)3-4-9(6)12-2/h3-4H,5,11H2,1-2H3. The number of methoxy groups -OCH3 is 1. The molecular formula is C9H12FNO. The van der Waals surface area contributed by atoms with E-state index in [-0.39, 0.29) is 12.4 Å². The third-order valence-electron chi connectivity index (χ3n) is 1.92. The molecule has 0 saturated carbocycles. The minimum atomic E-state index is -0.268. The highest BCUT2D eigenvalue weighted by Gasteiger charge is 2.07.